The summed E-state index contributed by atoms with van der Waals surface area (Å²) in [5.41, 5.74) is 6.54. The first-order chi connectivity index (χ1) is 11.6. The molecule has 1 aromatic heterocycles. The molecule has 0 saturated heterocycles. The van der Waals surface area contributed by atoms with Crippen molar-refractivity contribution in [3.05, 3.63) is 41.6 Å². The maximum atomic E-state index is 5.87. The highest BCUT2D eigenvalue weighted by molar-refractivity contribution is 6.30. The molecular weight excluding hydrogens is 332 g/mol. The highest BCUT2D eigenvalue weighted by Crippen LogP contribution is 2.28. The van der Waals surface area contributed by atoms with Crippen LogP contribution in [0.1, 0.15) is 0 Å². The van der Waals surface area contributed by atoms with Crippen LogP contribution in [0.5, 0.6) is 17.4 Å². The first-order valence-electron chi connectivity index (χ1n) is 7.15. The lowest BCUT2D eigenvalue weighted by molar-refractivity contribution is 0.316. The average molecular weight is 351 g/mol. The number of hydrogen-bond donors (Lipinski definition) is 2. The zero-order valence-corrected chi connectivity index (χ0v) is 14.2. The van der Waals surface area contributed by atoms with E-state index in [0.29, 0.717) is 41.2 Å². The van der Waals surface area contributed by atoms with E-state index in [1.54, 1.807) is 44.6 Å². The van der Waals surface area contributed by atoms with Crippen LogP contribution in [0.4, 0.5) is 5.69 Å². The molecule has 0 atom stereocenters. The van der Waals surface area contributed by atoms with Gasteiger partial charge in [-0.25, -0.2) is 9.98 Å². The number of halogens is 1. The number of anilines is 1. The van der Waals surface area contributed by atoms with Gasteiger partial charge in [-0.05, 0) is 18.2 Å². The van der Waals surface area contributed by atoms with Crippen LogP contribution in [0.2, 0.25) is 5.02 Å². The van der Waals surface area contributed by atoms with Crippen LogP contribution >= 0.6 is 11.6 Å². The Hall–Kier alpha value is -2.67. The molecule has 24 heavy (non-hydrogen) atoms. The molecule has 1 heterocycles. The van der Waals surface area contributed by atoms with Crippen molar-refractivity contribution in [2.45, 2.75) is 0 Å². The number of benzene rings is 1. The molecule has 0 spiro atoms. The van der Waals surface area contributed by atoms with E-state index in [2.05, 4.69) is 15.3 Å². The molecule has 0 amide bonds. The largest absolute Gasteiger partial charge is 0.497 e. The molecular formula is C16H19ClN4O3. The minimum absolute atomic E-state index is 0.245. The highest BCUT2D eigenvalue weighted by atomic mass is 35.5. The summed E-state index contributed by atoms with van der Waals surface area (Å²) in [4.78, 5) is 8.22. The fourth-order valence-electron chi connectivity index (χ4n) is 1.85. The molecule has 0 aliphatic rings. The topological polar surface area (TPSA) is 91.0 Å². The Balaban J connectivity index is 1.88. The van der Waals surface area contributed by atoms with Gasteiger partial charge in [-0.2, -0.15) is 0 Å². The quantitative estimate of drug-likeness (QED) is 0.453. The van der Waals surface area contributed by atoms with E-state index >= 15 is 0 Å². The van der Waals surface area contributed by atoms with Crippen molar-refractivity contribution < 1.29 is 14.2 Å². The molecule has 0 aliphatic heterocycles. The number of nitrogens with zero attached hydrogens (tertiary/aromatic N) is 2. The maximum Gasteiger partial charge on any atom is 0.213 e. The third-order valence-electron chi connectivity index (χ3n) is 2.99. The Morgan fingerprint density at radius 2 is 2.08 bits per heavy atom. The van der Waals surface area contributed by atoms with Crippen molar-refractivity contribution in [1.82, 2.24) is 4.98 Å². The molecule has 2 rings (SSSR count). The fourth-order valence-corrected chi connectivity index (χ4v) is 1.96. The van der Waals surface area contributed by atoms with Gasteiger partial charge in [0.1, 0.15) is 18.1 Å². The number of aromatic nitrogens is 1. The second-order valence-corrected chi connectivity index (χ2v) is 5.06. The maximum absolute atomic E-state index is 5.87. The summed E-state index contributed by atoms with van der Waals surface area (Å²) in [6, 6.07) is 8.75. The number of nitrogens with two attached hydrogens (primary N) is 1. The Morgan fingerprint density at radius 1 is 1.25 bits per heavy atom. The zero-order chi connectivity index (χ0) is 17.4. The van der Waals surface area contributed by atoms with E-state index in [9.17, 15) is 0 Å². The van der Waals surface area contributed by atoms with Crippen molar-refractivity contribution in [1.29, 1.82) is 0 Å². The van der Waals surface area contributed by atoms with Gasteiger partial charge in [-0.1, -0.05) is 11.6 Å². The number of nitrogens with one attached hydrogen (secondary N) is 1. The van der Waals surface area contributed by atoms with E-state index in [1.165, 1.54) is 6.20 Å². The minimum atomic E-state index is 0.245. The molecule has 0 unspecified atom stereocenters. The molecule has 1 aromatic carbocycles. The molecule has 0 fully saturated rings. The third kappa shape index (κ3) is 5.20. The SMILES string of the molecule is COc1ccc(OC)c(NC(N)=NCCOc2ccc(Cl)cn2)c1. The summed E-state index contributed by atoms with van der Waals surface area (Å²) < 4.78 is 15.9. The fraction of sp³-hybridized carbons (Fsp3) is 0.250. The van der Waals surface area contributed by atoms with Crippen LogP contribution in [0.25, 0.3) is 0 Å². The molecule has 7 nitrogen and oxygen atoms in total. The summed E-state index contributed by atoms with van der Waals surface area (Å²) in [5.74, 6) is 2.05. The van der Waals surface area contributed by atoms with E-state index in [0.717, 1.165) is 0 Å². The highest BCUT2D eigenvalue weighted by Gasteiger charge is 2.06. The monoisotopic (exact) mass is 350 g/mol. The number of hydrogen-bond acceptors (Lipinski definition) is 5. The van der Waals surface area contributed by atoms with E-state index in [-0.39, 0.29) is 5.96 Å². The predicted molar refractivity (Wildman–Crippen MR) is 94.4 cm³/mol. The van der Waals surface area contributed by atoms with Crippen LogP contribution in [0.3, 0.4) is 0 Å². The first kappa shape index (κ1) is 17.7. The Kier molecular flexibility index (Phi) is 6.51. The molecule has 0 radical (unpaired) electrons. The number of aliphatic imine (C=N–C) groups is 1. The van der Waals surface area contributed by atoms with Gasteiger partial charge < -0.3 is 25.3 Å². The third-order valence-corrected chi connectivity index (χ3v) is 3.22. The molecule has 3 N–H and O–H groups in total. The van der Waals surface area contributed by atoms with Gasteiger partial charge in [0.25, 0.3) is 0 Å². The summed E-state index contributed by atoms with van der Waals surface area (Å²) in [7, 11) is 3.17. The molecule has 8 heteroatoms. The van der Waals surface area contributed by atoms with Crippen molar-refractivity contribution >= 4 is 23.2 Å². The normalized spacial score (nSPS) is 11.0. The molecule has 128 valence electrons. The number of pyridine rings is 1. The summed E-state index contributed by atoms with van der Waals surface area (Å²) >= 11 is 5.75. The van der Waals surface area contributed by atoms with E-state index in [1.807, 2.05) is 0 Å². The second kappa shape index (κ2) is 8.83. The number of rotatable bonds is 7. The Labute approximate surface area is 145 Å². The van der Waals surface area contributed by atoms with Crippen LogP contribution in [-0.2, 0) is 0 Å². The summed E-state index contributed by atoms with van der Waals surface area (Å²) in [5, 5.41) is 3.53. The lowest BCUT2D eigenvalue weighted by Crippen LogP contribution is -2.24. The van der Waals surface area contributed by atoms with Gasteiger partial charge in [0.05, 0.1) is 31.5 Å². The van der Waals surface area contributed by atoms with Crippen LogP contribution in [0.15, 0.2) is 41.5 Å². The van der Waals surface area contributed by atoms with Gasteiger partial charge in [0.2, 0.25) is 5.88 Å². The van der Waals surface area contributed by atoms with Crippen LogP contribution < -0.4 is 25.3 Å². The van der Waals surface area contributed by atoms with Crippen molar-refractivity contribution in [2.24, 2.45) is 10.7 Å². The molecule has 0 bridgehead atoms. The Morgan fingerprint density at radius 3 is 2.75 bits per heavy atom. The van der Waals surface area contributed by atoms with Gasteiger partial charge in [0, 0.05) is 18.3 Å². The van der Waals surface area contributed by atoms with Crippen molar-refractivity contribution in [2.75, 3.05) is 32.7 Å². The summed E-state index contributed by atoms with van der Waals surface area (Å²) in [6.45, 7) is 0.710. The number of ether oxygens (including phenoxy) is 3. The van der Waals surface area contributed by atoms with E-state index < -0.39 is 0 Å². The lowest BCUT2D eigenvalue weighted by Gasteiger charge is -2.12. The average Bonchev–Trinajstić information content (AvgIpc) is 2.60. The molecule has 0 aliphatic carbocycles. The second-order valence-electron chi connectivity index (χ2n) is 4.62. The van der Waals surface area contributed by atoms with Crippen LogP contribution in [0, 0.1) is 0 Å². The van der Waals surface area contributed by atoms with Gasteiger partial charge in [-0.3, -0.25) is 0 Å². The molecule has 0 saturated carbocycles. The van der Waals surface area contributed by atoms with Crippen molar-refractivity contribution in [3.63, 3.8) is 0 Å². The molecule has 2 aromatic rings. The van der Waals surface area contributed by atoms with Gasteiger partial charge >= 0.3 is 0 Å². The number of methoxy groups -OCH3 is 2. The van der Waals surface area contributed by atoms with Crippen LogP contribution in [-0.4, -0.2) is 38.3 Å². The standard InChI is InChI=1S/C16H19ClN4O3/c1-22-12-4-5-14(23-2)13(9-12)21-16(18)19-7-8-24-15-6-3-11(17)10-20-15/h3-6,9-10H,7-8H2,1-2H3,(H3,18,19,21). The first-order valence-corrected chi connectivity index (χ1v) is 7.53. The lowest BCUT2D eigenvalue weighted by atomic mass is 10.2. The van der Waals surface area contributed by atoms with Gasteiger partial charge in [0.15, 0.2) is 5.96 Å². The van der Waals surface area contributed by atoms with Gasteiger partial charge in [-0.15, -0.1) is 0 Å². The smallest absolute Gasteiger partial charge is 0.213 e. The minimum Gasteiger partial charge on any atom is -0.497 e. The summed E-state index contributed by atoms with van der Waals surface area (Å²) in [6.07, 6.45) is 1.52. The van der Waals surface area contributed by atoms with E-state index in [4.69, 9.17) is 31.5 Å². The Bertz CT molecular complexity index is 692. The number of guanidine groups is 1. The predicted octanol–water partition coefficient (Wildman–Crippen LogP) is 2.56. The van der Waals surface area contributed by atoms with Crippen molar-refractivity contribution in [3.8, 4) is 17.4 Å². The zero-order valence-electron chi connectivity index (χ0n) is 13.5.